The fourth-order valence-corrected chi connectivity index (χ4v) is 4.27. The zero-order chi connectivity index (χ0) is 20.0. The maximum Gasteiger partial charge on any atom is 0.228 e. The first-order valence-electron chi connectivity index (χ1n) is 10.0. The predicted octanol–water partition coefficient (Wildman–Crippen LogP) is 5.46. The van der Waals surface area contributed by atoms with E-state index in [9.17, 15) is 0 Å². The lowest BCUT2D eigenvalue weighted by molar-refractivity contribution is 0.415. The molecule has 0 unspecified atom stereocenters. The Hall–Kier alpha value is -3.40. The van der Waals surface area contributed by atoms with E-state index >= 15 is 0 Å². The Morgan fingerprint density at radius 3 is 2.52 bits per heavy atom. The summed E-state index contributed by atoms with van der Waals surface area (Å²) in [4.78, 5) is 4.61. The molecule has 29 heavy (non-hydrogen) atoms. The molecule has 1 N–H and O–H groups in total. The van der Waals surface area contributed by atoms with Gasteiger partial charge in [-0.1, -0.05) is 74.5 Å². The molecule has 1 aromatic heterocycles. The van der Waals surface area contributed by atoms with Gasteiger partial charge in [-0.3, -0.25) is 5.41 Å². The molecule has 0 radical (unpaired) electrons. The highest BCUT2D eigenvalue weighted by molar-refractivity contribution is 5.90. The van der Waals surface area contributed by atoms with Crippen LogP contribution in [-0.4, -0.2) is 9.55 Å². The standard InChI is InChI=1S/C25H23N3O/c1-16(2)14-28-15-27-25-23(24(28)26)21(18-9-4-3-5-10-18)22-19-11-7-6-8-17(19)12-13-20(22)29-25/h3-13,15-16,21,26H,14H2,1-2H3/t21-/m1/s1. The van der Waals surface area contributed by atoms with Crippen molar-refractivity contribution in [2.75, 3.05) is 0 Å². The molecule has 0 saturated heterocycles. The first-order valence-corrected chi connectivity index (χ1v) is 10.0. The van der Waals surface area contributed by atoms with Crippen molar-refractivity contribution in [3.63, 3.8) is 0 Å². The smallest absolute Gasteiger partial charge is 0.228 e. The molecule has 0 bridgehead atoms. The van der Waals surface area contributed by atoms with Gasteiger partial charge < -0.3 is 9.30 Å². The summed E-state index contributed by atoms with van der Waals surface area (Å²) in [5.74, 6) is 1.68. The molecule has 4 nitrogen and oxygen atoms in total. The predicted molar refractivity (Wildman–Crippen MR) is 114 cm³/mol. The zero-order valence-corrected chi connectivity index (χ0v) is 16.6. The third-order valence-corrected chi connectivity index (χ3v) is 5.50. The molecule has 1 aliphatic heterocycles. The van der Waals surface area contributed by atoms with Crippen molar-refractivity contribution in [1.29, 1.82) is 5.41 Å². The second-order valence-electron chi connectivity index (χ2n) is 8.00. The number of nitrogens with zero attached hydrogens (tertiary/aromatic N) is 2. The maximum atomic E-state index is 8.99. The summed E-state index contributed by atoms with van der Waals surface area (Å²) in [7, 11) is 0. The summed E-state index contributed by atoms with van der Waals surface area (Å²) in [6, 6.07) is 22.9. The van der Waals surface area contributed by atoms with Crippen LogP contribution in [0.25, 0.3) is 10.8 Å². The second-order valence-corrected chi connectivity index (χ2v) is 8.00. The van der Waals surface area contributed by atoms with Crippen LogP contribution in [0, 0.1) is 11.3 Å². The third kappa shape index (κ3) is 2.92. The van der Waals surface area contributed by atoms with Gasteiger partial charge in [0.2, 0.25) is 5.88 Å². The van der Waals surface area contributed by atoms with Gasteiger partial charge >= 0.3 is 0 Å². The molecule has 2 heterocycles. The van der Waals surface area contributed by atoms with Crippen LogP contribution in [0.2, 0.25) is 0 Å². The number of aromatic nitrogens is 2. The number of ether oxygens (including phenoxy) is 1. The number of hydrogen-bond donors (Lipinski definition) is 1. The van der Waals surface area contributed by atoms with E-state index in [-0.39, 0.29) is 5.92 Å². The van der Waals surface area contributed by atoms with Crippen molar-refractivity contribution in [1.82, 2.24) is 9.55 Å². The topological polar surface area (TPSA) is 50.9 Å². The molecule has 5 rings (SSSR count). The van der Waals surface area contributed by atoms with E-state index in [0.717, 1.165) is 34.4 Å². The average Bonchev–Trinajstić information content (AvgIpc) is 2.74. The van der Waals surface area contributed by atoms with Gasteiger partial charge in [0.15, 0.2) is 0 Å². The van der Waals surface area contributed by atoms with E-state index in [4.69, 9.17) is 10.1 Å². The summed E-state index contributed by atoms with van der Waals surface area (Å²) < 4.78 is 8.16. The largest absolute Gasteiger partial charge is 0.438 e. The van der Waals surface area contributed by atoms with Crippen LogP contribution in [0.15, 0.2) is 73.1 Å². The average molecular weight is 381 g/mol. The highest BCUT2D eigenvalue weighted by Gasteiger charge is 2.33. The maximum absolute atomic E-state index is 8.99. The Morgan fingerprint density at radius 2 is 1.72 bits per heavy atom. The Bertz CT molecular complexity index is 1260. The van der Waals surface area contributed by atoms with Gasteiger partial charge in [-0.25, -0.2) is 4.98 Å². The Kier molecular flexibility index (Phi) is 4.20. The van der Waals surface area contributed by atoms with Crippen LogP contribution >= 0.6 is 0 Å². The van der Waals surface area contributed by atoms with Crippen molar-refractivity contribution < 1.29 is 4.74 Å². The van der Waals surface area contributed by atoms with Gasteiger partial charge in [0, 0.05) is 18.0 Å². The molecule has 0 amide bonds. The fraction of sp³-hybridized carbons (Fsp3) is 0.200. The van der Waals surface area contributed by atoms with E-state index < -0.39 is 0 Å². The van der Waals surface area contributed by atoms with Crippen LogP contribution in [0.5, 0.6) is 11.6 Å². The van der Waals surface area contributed by atoms with Gasteiger partial charge in [0.05, 0.1) is 5.56 Å². The summed E-state index contributed by atoms with van der Waals surface area (Å²) in [5.41, 5.74) is 3.56. The van der Waals surface area contributed by atoms with Gasteiger partial charge in [0.1, 0.15) is 17.6 Å². The normalized spacial score (nSPS) is 15.1. The lowest BCUT2D eigenvalue weighted by atomic mass is 9.81. The molecule has 0 fully saturated rings. The molecular formula is C25H23N3O. The second kappa shape index (κ2) is 6.89. The zero-order valence-electron chi connectivity index (χ0n) is 16.6. The van der Waals surface area contributed by atoms with Gasteiger partial charge in [-0.2, -0.15) is 0 Å². The minimum atomic E-state index is -0.0966. The molecule has 4 aromatic rings. The Labute approximate surface area is 169 Å². The van der Waals surface area contributed by atoms with Crippen molar-refractivity contribution >= 4 is 10.8 Å². The van der Waals surface area contributed by atoms with Crippen molar-refractivity contribution in [2.24, 2.45) is 5.92 Å². The van der Waals surface area contributed by atoms with E-state index in [2.05, 4.69) is 73.4 Å². The van der Waals surface area contributed by atoms with E-state index in [1.807, 2.05) is 16.7 Å². The van der Waals surface area contributed by atoms with Crippen molar-refractivity contribution in [2.45, 2.75) is 26.3 Å². The van der Waals surface area contributed by atoms with Crippen molar-refractivity contribution in [3.8, 4) is 11.6 Å². The molecular weight excluding hydrogens is 358 g/mol. The van der Waals surface area contributed by atoms with Gasteiger partial charge in [0.25, 0.3) is 0 Å². The van der Waals surface area contributed by atoms with Crippen LogP contribution in [0.4, 0.5) is 0 Å². The fourth-order valence-electron chi connectivity index (χ4n) is 4.27. The SMILES string of the molecule is CC(C)Cn1cnc2c(c1=N)[C@H](c1ccccc1)c1c(ccc3ccccc13)O2. The van der Waals surface area contributed by atoms with Crippen LogP contribution in [-0.2, 0) is 6.54 Å². The lowest BCUT2D eigenvalue weighted by Gasteiger charge is -2.30. The summed E-state index contributed by atoms with van der Waals surface area (Å²) in [6.07, 6.45) is 1.73. The molecule has 1 aliphatic rings. The summed E-state index contributed by atoms with van der Waals surface area (Å²) in [6.45, 7) is 5.06. The highest BCUT2D eigenvalue weighted by Crippen LogP contribution is 2.47. The first-order chi connectivity index (χ1) is 14.1. The monoisotopic (exact) mass is 381 g/mol. The molecule has 144 valence electrons. The number of nitrogens with one attached hydrogen (secondary N) is 1. The number of benzene rings is 3. The summed E-state index contributed by atoms with van der Waals surface area (Å²) in [5, 5.41) is 11.3. The quantitative estimate of drug-likeness (QED) is 0.451. The van der Waals surface area contributed by atoms with Crippen LogP contribution < -0.4 is 10.2 Å². The molecule has 0 aliphatic carbocycles. The minimum Gasteiger partial charge on any atom is -0.438 e. The summed E-state index contributed by atoms with van der Waals surface area (Å²) >= 11 is 0. The lowest BCUT2D eigenvalue weighted by Crippen LogP contribution is -2.31. The Morgan fingerprint density at radius 1 is 0.966 bits per heavy atom. The number of hydrogen-bond acceptors (Lipinski definition) is 3. The molecule has 4 heteroatoms. The Balaban J connectivity index is 1.84. The van der Waals surface area contributed by atoms with Crippen LogP contribution in [0.3, 0.4) is 0 Å². The first kappa shape index (κ1) is 17.7. The minimum absolute atomic E-state index is 0.0966. The van der Waals surface area contributed by atoms with Crippen LogP contribution in [0.1, 0.15) is 36.5 Å². The van der Waals surface area contributed by atoms with Crippen molar-refractivity contribution in [3.05, 3.63) is 95.2 Å². The van der Waals surface area contributed by atoms with E-state index in [1.165, 1.54) is 5.39 Å². The number of fused-ring (bicyclic) bond motifs is 4. The molecule has 0 spiro atoms. The number of rotatable bonds is 3. The third-order valence-electron chi connectivity index (χ3n) is 5.50. The molecule has 0 saturated carbocycles. The molecule has 3 aromatic carbocycles. The highest BCUT2D eigenvalue weighted by atomic mass is 16.5. The van der Waals surface area contributed by atoms with E-state index in [1.54, 1.807) is 6.33 Å². The van der Waals surface area contributed by atoms with E-state index in [0.29, 0.717) is 17.3 Å². The van der Waals surface area contributed by atoms with Gasteiger partial charge in [-0.05, 0) is 28.3 Å². The van der Waals surface area contributed by atoms with Gasteiger partial charge in [-0.15, -0.1) is 0 Å². The molecule has 1 atom stereocenters.